The number of aryl methyl sites for hydroxylation is 2. The Hall–Kier alpha value is -2.33. The fourth-order valence-corrected chi connectivity index (χ4v) is 2.77. The van der Waals surface area contributed by atoms with Crippen LogP contribution in [0.25, 0.3) is 0 Å². The summed E-state index contributed by atoms with van der Waals surface area (Å²) in [6.45, 7) is 5.22. The number of rotatable bonds is 7. The smallest absolute Gasteiger partial charge is 0.315 e. The molecule has 0 heterocycles. The zero-order chi connectivity index (χ0) is 17.4. The van der Waals surface area contributed by atoms with E-state index in [1.54, 1.807) is 0 Å². The summed E-state index contributed by atoms with van der Waals surface area (Å²) in [5.41, 5.74) is 4.64. The number of aliphatic hydroxyl groups is 1. The van der Waals surface area contributed by atoms with Gasteiger partial charge in [-0.25, -0.2) is 4.79 Å². The Bertz CT molecular complexity index is 656. The molecule has 3 N–H and O–H groups in total. The molecule has 128 valence electrons. The highest BCUT2D eigenvalue weighted by atomic mass is 16.3. The van der Waals surface area contributed by atoms with E-state index in [0.717, 1.165) is 11.1 Å². The molecule has 1 unspecified atom stereocenters. The summed E-state index contributed by atoms with van der Waals surface area (Å²) < 4.78 is 0. The Labute approximate surface area is 143 Å². The van der Waals surface area contributed by atoms with E-state index < -0.39 is 0 Å². The van der Waals surface area contributed by atoms with Gasteiger partial charge < -0.3 is 15.7 Å². The molecule has 0 saturated carbocycles. The van der Waals surface area contributed by atoms with E-state index >= 15 is 0 Å². The molecule has 0 aliphatic rings. The van der Waals surface area contributed by atoms with Crippen molar-refractivity contribution < 1.29 is 9.90 Å². The standard InChI is InChI=1S/C20H26N2O2/c1-15-8-9-18(16(2)12-15)13-21-20(24)22-14-19(10-11-23)17-6-4-3-5-7-17/h3-9,12,19,23H,10-11,13-14H2,1-2H3,(H2,21,22,24). The topological polar surface area (TPSA) is 61.4 Å². The molecule has 2 aromatic carbocycles. The van der Waals surface area contributed by atoms with Crippen LogP contribution >= 0.6 is 0 Å². The van der Waals surface area contributed by atoms with Gasteiger partial charge in [0.2, 0.25) is 0 Å². The number of carbonyl (C=O) groups excluding carboxylic acids is 1. The molecule has 2 amide bonds. The number of amides is 2. The van der Waals surface area contributed by atoms with Crippen molar-refractivity contribution in [3.63, 3.8) is 0 Å². The maximum Gasteiger partial charge on any atom is 0.315 e. The van der Waals surface area contributed by atoms with Crippen molar-refractivity contribution in [2.75, 3.05) is 13.2 Å². The summed E-state index contributed by atoms with van der Waals surface area (Å²) in [7, 11) is 0. The van der Waals surface area contributed by atoms with Gasteiger partial charge in [0.1, 0.15) is 0 Å². The first-order valence-electron chi connectivity index (χ1n) is 8.33. The van der Waals surface area contributed by atoms with Crippen molar-refractivity contribution in [3.05, 3.63) is 70.8 Å². The van der Waals surface area contributed by atoms with Crippen LogP contribution in [-0.2, 0) is 6.54 Å². The summed E-state index contributed by atoms with van der Waals surface area (Å²) >= 11 is 0. The Kier molecular flexibility index (Phi) is 6.82. The molecule has 2 aromatic rings. The second-order valence-electron chi connectivity index (χ2n) is 6.11. The molecule has 1 atom stereocenters. The first-order valence-corrected chi connectivity index (χ1v) is 8.33. The summed E-state index contributed by atoms with van der Waals surface area (Å²) in [5, 5.41) is 15.0. The van der Waals surface area contributed by atoms with Crippen LogP contribution in [0.2, 0.25) is 0 Å². The number of hydrogen-bond donors (Lipinski definition) is 3. The van der Waals surface area contributed by atoms with Crippen molar-refractivity contribution >= 4 is 6.03 Å². The lowest BCUT2D eigenvalue weighted by Gasteiger charge is -2.17. The molecule has 24 heavy (non-hydrogen) atoms. The summed E-state index contributed by atoms with van der Waals surface area (Å²) in [4.78, 5) is 12.0. The zero-order valence-electron chi connectivity index (χ0n) is 14.4. The number of carbonyl (C=O) groups is 1. The Morgan fingerprint density at radius 3 is 2.50 bits per heavy atom. The van der Waals surface area contributed by atoms with Gasteiger partial charge in [0.15, 0.2) is 0 Å². The molecule has 0 radical (unpaired) electrons. The minimum atomic E-state index is -0.186. The van der Waals surface area contributed by atoms with Gasteiger partial charge in [-0.2, -0.15) is 0 Å². The van der Waals surface area contributed by atoms with Crippen molar-refractivity contribution in [2.24, 2.45) is 0 Å². The summed E-state index contributed by atoms with van der Waals surface area (Å²) in [5.74, 6) is 0.114. The van der Waals surface area contributed by atoms with Gasteiger partial charge in [0, 0.05) is 25.6 Å². The van der Waals surface area contributed by atoms with Crippen molar-refractivity contribution in [1.82, 2.24) is 10.6 Å². The maximum absolute atomic E-state index is 12.0. The molecule has 4 nitrogen and oxygen atoms in total. The first-order chi connectivity index (χ1) is 11.6. The molecule has 0 fully saturated rings. The molecule has 0 spiro atoms. The molecule has 0 bridgehead atoms. The van der Waals surface area contributed by atoms with Crippen LogP contribution in [0.1, 0.15) is 34.6 Å². The quantitative estimate of drug-likeness (QED) is 0.731. The molecule has 2 rings (SSSR count). The van der Waals surface area contributed by atoms with Gasteiger partial charge in [-0.3, -0.25) is 0 Å². The van der Waals surface area contributed by atoms with Crippen molar-refractivity contribution in [1.29, 1.82) is 0 Å². The second-order valence-corrected chi connectivity index (χ2v) is 6.11. The lowest BCUT2D eigenvalue weighted by molar-refractivity contribution is 0.237. The van der Waals surface area contributed by atoms with Gasteiger partial charge in [-0.05, 0) is 37.0 Å². The summed E-state index contributed by atoms with van der Waals surface area (Å²) in [6.07, 6.45) is 0.626. The molecule has 0 aliphatic heterocycles. The average molecular weight is 326 g/mol. The fraction of sp³-hybridized carbons (Fsp3) is 0.350. The normalized spacial score (nSPS) is 11.8. The van der Waals surface area contributed by atoms with Crippen LogP contribution in [0, 0.1) is 13.8 Å². The van der Waals surface area contributed by atoms with Crippen LogP contribution in [0.15, 0.2) is 48.5 Å². The second kappa shape index (κ2) is 9.08. The predicted octanol–water partition coefficient (Wildman–Crippen LogP) is 3.27. The highest BCUT2D eigenvalue weighted by molar-refractivity contribution is 5.73. The third kappa shape index (κ3) is 5.39. The van der Waals surface area contributed by atoms with Crippen molar-refractivity contribution in [3.8, 4) is 0 Å². The number of benzene rings is 2. The lowest BCUT2D eigenvalue weighted by atomic mass is 9.96. The van der Waals surface area contributed by atoms with Crippen molar-refractivity contribution in [2.45, 2.75) is 32.7 Å². The SMILES string of the molecule is Cc1ccc(CNC(=O)NCC(CCO)c2ccccc2)c(C)c1. The van der Waals surface area contributed by atoms with E-state index in [1.807, 2.05) is 36.4 Å². The van der Waals surface area contributed by atoms with Crippen LogP contribution in [0.4, 0.5) is 4.79 Å². The van der Waals surface area contributed by atoms with E-state index in [0.29, 0.717) is 19.5 Å². The maximum atomic E-state index is 12.0. The van der Waals surface area contributed by atoms with Crippen LogP contribution in [0.5, 0.6) is 0 Å². The van der Waals surface area contributed by atoms with Gasteiger partial charge in [-0.1, -0.05) is 54.1 Å². The molecular weight excluding hydrogens is 300 g/mol. The Balaban J connectivity index is 1.85. The Morgan fingerprint density at radius 1 is 1.08 bits per heavy atom. The third-order valence-corrected chi connectivity index (χ3v) is 4.20. The first kappa shape index (κ1) is 18.0. The summed E-state index contributed by atoms with van der Waals surface area (Å²) in [6, 6.07) is 16.0. The monoisotopic (exact) mass is 326 g/mol. The molecule has 0 saturated heterocycles. The van der Waals surface area contributed by atoms with E-state index in [-0.39, 0.29) is 18.6 Å². The van der Waals surface area contributed by atoms with Gasteiger partial charge >= 0.3 is 6.03 Å². The minimum Gasteiger partial charge on any atom is -0.396 e. The van der Waals surface area contributed by atoms with Crippen LogP contribution < -0.4 is 10.6 Å². The largest absolute Gasteiger partial charge is 0.396 e. The molecular formula is C20H26N2O2. The predicted molar refractivity (Wildman–Crippen MR) is 97.0 cm³/mol. The van der Waals surface area contributed by atoms with E-state index in [4.69, 9.17) is 0 Å². The number of hydrogen-bond acceptors (Lipinski definition) is 2. The van der Waals surface area contributed by atoms with Gasteiger partial charge in [-0.15, -0.1) is 0 Å². The fourth-order valence-electron chi connectivity index (χ4n) is 2.77. The van der Waals surface area contributed by atoms with E-state index in [1.165, 1.54) is 11.1 Å². The molecule has 0 aromatic heterocycles. The highest BCUT2D eigenvalue weighted by Crippen LogP contribution is 2.18. The zero-order valence-corrected chi connectivity index (χ0v) is 14.4. The minimum absolute atomic E-state index is 0.103. The van der Waals surface area contributed by atoms with Crippen LogP contribution in [0.3, 0.4) is 0 Å². The number of nitrogens with one attached hydrogen (secondary N) is 2. The lowest BCUT2D eigenvalue weighted by Crippen LogP contribution is -2.37. The highest BCUT2D eigenvalue weighted by Gasteiger charge is 2.12. The molecule has 0 aliphatic carbocycles. The van der Waals surface area contributed by atoms with Gasteiger partial charge in [0.05, 0.1) is 0 Å². The van der Waals surface area contributed by atoms with Crippen LogP contribution in [-0.4, -0.2) is 24.3 Å². The van der Waals surface area contributed by atoms with Gasteiger partial charge in [0.25, 0.3) is 0 Å². The van der Waals surface area contributed by atoms with E-state index in [2.05, 4.69) is 36.6 Å². The average Bonchev–Trinajstić information content (AvgIpc) is 2.58. The van der Waals surface area contributed by atoms with E-state index in [9.17, 15) is 9.90 Å². The Morgan fingerprint density at radius 2 is 1.83 bits per heavy atom. The molecule has 4 heteroatoms. The third-order valence-electron chi connectivity index (χ3n) is 4.20. The number of urea groups is 1. The number of aliphatic hydroxyl groups excluding tert-OH is 1.